The van der Waals surface area contributed by atoms with E-state index in [4.69, 9.17) is 7.85 Å². The predicted molar refractivity (Wildman–Crippen MR) is 60.7 cm³/mol. The zero-order valence-electron chi connectivity index (χ0n) is 10.0. The molecule has 3 nitrogen and oxygen atoms in total. The Kier molecular flexibility index (Phi) is 5.02. The van der Waals surface area contributed by atoms with Gasteiger partial charge in [-0.2, -0.15) is 0 Å². The predicted octanol–water partition coefficient (Wildman–Crippen LogP) is 1.75. The highest BCUT2D eigenvalue weighted by Gasteiger charge is 2.31. The summed E-state index contributed by atoms with van der Waals surface area (Å²) in [5, 5.41) is -0.189. The van der Waals surface area contributed by atoms with Crippen molar-refractivity contribution in [2.75, 3.05) is 27.2 Å². The molecule has 0 N–H and O–H groups in total. The van der Waals surface area contributed by atoms with E-state index >= 15 is 0 Å². The number of carbonyl (C=O) groups is 1. The molecule has 1 rings (SSSR count). The number of hydrogen-bond acceptors (Lipinski definition) is 1. The molecule has 14 heavy (non-hydrogen) atoms. The minimum absolute atomic E-state index is 0.0594. The Bertz CT molecular complexity index is 193. The van der Waals surface area contributed by atoms with Gasteiger partial charge in [0.1, 0.15) is 0 Å². The van der Waals surface area contributed by atoms with Crippen LogP contribution >= 0.6 is 0 Å². The normalized spacial score (nSPS) is 25.4. The van der Waals surface area contributed by atoms with Crippen LogP contribution in [0.15, 0.2) is 0 Å². The van der Waals surface area contributed by atoms with E-state index in [1.54, 1.807) is 23.9 Å². The van der Waals surface area contributed by atoms with Gasteiger partial charge in [0.2, 0.25) is 0 Å². The molecule has 2 radical (unpaired) electrons. The monoisotopic (exact) mass is 196 g/mol. The van der Waals surface area contributed by atoms with Gasteiger partial charge in [-0.05, 0) is 11.7 Å². The van der Waals surface area contributed by atoms with Crippen LogP contribution in [-0.4, -0.2) is 50.9 Å². The third-order valence-electron chi connectivity index (χ3n) is 2.16. The Morgan fingerprint density at radius 3 is 2.21 bits per heavy atom. The summed E-state index contributed by atoms with van der Waals surface area (Å²) in [5.74, 6) is 0. The molecule has 0 bridgehead atoms. The SMILES string of the molecule is CC.[B]C1(C)CCN(C(=O)N(C)C)C1. The Morgan fingerprint density at radius 1 is 1.43 bits per heavy atom. The van der Waals surface area contributed by atoms with Crippen molar-refractivity contribution in [1.82, 2.24) is 9.80 Å². The second-order valence-corrected chi connectivity index (χ2v) is 4.00. The lowest BCUT2D eigenvalue weighted by Gasteiger charge is -2.23. The molecule has 80 valence electrons. The third kappa shape index (κ3) is 3.60. The second kappa shape index (κ2) is 5.27. The summed E-state index contributed by atoms with van der Waals surface area (Å²) in [4.78, 5) is 14.8. The highest BCUT2D eigenvalue weighted by Crippen LogP contribution is 2.33. The van der Waals surface area contributed by atoms with Crippen LogP contribution in [0.4, 0.5) is 4.79 Å². The maximum atomic E-state index is 11.4. The molecule has 1 unspecified atom stereocenters. The smallest absolute Gasteiger partial charge is 0.319 e. The highest BCUT2D eigenvalue weighted by molar-refractivity contribution is 6.15. The van der Waals surface area contributed by atoms with Gasteiger partial charge in [0.15, 0.2) is 0 Å². The quantitative estimate of drug-likeness (QED) is 0.541. The Morgan fingerprint density at radius 2 is 1.93 bits per heavy atom. The average Bonchev–Trinajstić information content (AvgIpc) is 2.48. The van der Waals surface area contributed by atoms with Crippen LogP contribution in [0.2, 0.25) is 5.31 Å². The number of nitrogens with zero attached hydrogens (tertiary/aromatic N) is 2. The number of rotatable bonds is 0. The molecule has 1 aliphatic heterocycles. The summed E-state index contributed by atoms with van der Waals surface area (Å²) in [5.41, 5.74) is 0. The van der Waals surface area contributed by atoms with Crippen molar-refractivity contribution in [2.45, 2.75) is 32.5 Å². The van der Waals surface area contributed by atoms with Crippen molar-refractivity contribution >= 4 is 13.9 Å². The fourth-order valence-electron chi connectivity index (χ4n) is 1.43. The van der Waals surface area contributed by atoms with E-state index < -0.39 is 0 Å². The summed E-state index contributed by atoms with van der Waals surface area (Å²) in [6, 6.07) is 0.0594. The molecule has 0 spiro atoms. The summed E-state index contributed by atoms with van der Waals surface area (Å²) in [7, 11) is 9.41. The third-order valence-corrected chi connectivity index (χ3v) is 2.16. The lowest BCUT2D eigenvalue weighted by atomic mass is 9.70. The van der Waals surface area contributed by atoms with Crippen molar-refractivity contribution in [1.29, 1.82) is 0 Å². The molecule has 0 aliphatic carbocycles. The molecule has 2 amide bonds. The van der Waals surface area contributed by atoms with E-state index in [1.165, 1.54) is 0 Å². The first-order chi connectivity index (χ1) is 6.42. The van der Waals surface area contributed by atoms with Gasteiger partial charge in [0.25, 0.3) is 0 Å². The van der Waals surface area contributed by atoms with Gasteiger partial charge in [-0.1, -0.05) is 20.8 Å². The fourth-order valence-corrected chi connectivity index (χ4v) is 1.43. The summed E-state index contributed by atoms with van der Waals surface area (Å²) in [6.45, 7) is 7.43. The van der Waals surface area contributed by atoms with Gasteiger partial charge >= 0.3 is 6.03 Å². The van der Waals surface area contributed by atoms with Gasteiger partial charge in [0.05, 0.1) is 7.85 Å². The molecule has 1 aliphatic rings. The minimum Gasteiger partial charge on any atom is -0.331 e. The van der Waals surface area contributed by atoms with Crippen molar-refractivity contribution in [3.05, 3.63) is 0 Å². The highest BCUT2D eigenvalue weighted by atomic mass is 16.2. The zero-order chi connectivity index (χ0) is 11.4. The molecular formula is C10H21BN2O. The topological polar surface area (TPSA) is 23.6 Å². The second-order valence-electron chi connectivity index (χ2n) is 4.00. The molecule has 0 aromatic heterocycles. The van der Waals surface area contributed by atoms with Crippen LogP contribution in [0.5, 0.6) is 0 Å². The Balaban J connectivity index is 0.000000791. The Labute approximate surface area is 88.9 Å². The molecule has 1 heterocycles. The number of amides is 2. The van der Waals surface area contributed by atoms with E-state index in [1.807, 2.05) is 20.8 Å². The minimum atomic E-state index is -0.189. The van der Waals surface area contributed by atoms with Crippen molar-refractivity contribution in [3.63, 3.8) is 0 Å². The van der Waals surface area contributed by atoms with Gasteiger partial charge in [-0.15, -0.1) is 0 Å². The van der Waals surface area contributed by atoms with Crippen LogP contribution in [0.1, 0.15) is 27.2 Å². The summed E-state index contributed by atoms with van der Waals surface area (Å²) >= 11 is 0. The van der Waals surface area contributed by atoms with Gasteiger partial charge < -0.3 is 9.80 Å². The van der Waals surface area contributed by atoms with Crippen LogP contribution in [0, 0.1) is 0 Å². The fraction of sp³-hybridized carbons (Fsp3) is 0.900. The van der Waals surface area contributed by atoms with Gasteiger partial charge in [-0.3, -0.25) is 0 Å². The van der Waals surface area contributed by atoms with E-state index in [0.29, 0.717) is 6.54 Å². The zero-order valence-corrected chi connectivity index (χ0v) is 10.0. The molecule has 1 saturated heterocycles. The largest absolute Gasteiger partial charge is 0.331 e. The molecule has 0 aromatic rings. The van der Waals surface area contributed by atoms with Crippen molar-refractivity contribution < 1.29 is 4.79 Å². The lowest BCUT2D eigenvalue weighted by Crippen LogP contribution is -2.37. The number of hydrogen-bond donors (Lipinski definition) is 0. The van der Waals surface area contributed by atoms with E-state index in [-0.39, 0.29) is 11.3 Å². The number of likely N-dealkylation sites (tertiary alicyclic amines) is 1. The van der Waals surface area contributed by atoms with E-state index in [2.05, 4.69) is 0 Å². The number of carbonyl (C=O) groups excluding carboxylic acids is 1. The van der Waals surface area contributed by atoms with Crippen LogP contribution in [0.3, 0.4) is 0 Å². The van der Waals surface area contributed by atoms with E-state index in [9.17, 15) is 4.79 Å². The summed E-state index contributed by atoms with van der Waals surface area (Å²) < 4.78 is 0. The first-order valence-electron chi connectivity index (χ1n) is 5.17. The Hall–Kier alpha value is -0.665. The van der Waals surface area contributed by atoms with Crippen LogP contribution in [-0.2, 0) is 0 Å². The van der Waals surface area contributed by atoms with Gasteiger partial charge in [-0.25, -0.2) is 4.79 Å². The first kappa shape index (κ1) is 13.3. The standard InChI is InChI=1S/C8H15BN2O.C2H6/c1-8(9)4-5-11(6-8)7(12)10(2)3;1-2/h4-6H2,1-3H3;1-2H3. The van der Waals surface area contributed by atoms with Crippen LogP contribution in [0.25, 0.3) is 0 Å². The maximum Gasteiger partial charge on any atom is 0.319 e. The van der Waals surface area contributed by atoms with Crippen molar-refractivity contribution in [2.24, 2.45) is 0 Å². The molecular weight excluding hydrogens is 175 g/mol. The summed E-state index contributed by atoms with van der Waals surface area (Å²) in [6.07, 6.45) is 0.895. The van der Waals surface area contributed by atoms with Crippen molar-refractivity contribution in [3.8, 4) is 0 Å². The molecule has 0 saturated carbocycles. The van der Waals surface area contributed by atoms with Crippen LogP contribution < -0.4 is 0 Å². The van der Waals surface area contributed by atoms with E-state index in [0.717, 1.165) is 13.0 Å². The lowest BCUT2D eigenvalue weighted by molar-refractivity contribution is 0.181. The number of urea groups is 1. The molecule has 1 atom stereocenters. The first-order valence-corrected chi connectivity index (χ1v) is 5.17. The molecule has 1 fully saturated rings. The molecule has 4 heteroatoms. The maximum absolute atomic E-state index is 11.4. The molecule has 0 aromatic carbocycles. The average molecular weight is 196 g/mol. The van der Waals surface area contributed by atoms with Gasteiger partial charge in [0, 0.05) is 27.2 Å².